The van der Waals surface area contributed by atoms with Crippen LogP contribution in [0.15, 0.2) is 29.0 Å². The van der Waals surface area contributed by atoms with Crippen molar-refractivity contribution in [3.05, 3.63) is 42.1 Å². The molecule has 134 valence electrons. The maximum Gasteiger partial charge on any atom is 0.289 e. The first kappa shape index (κ1) is 16.4. The standard InChI is InChI=1S/C17H19N7O2/c25-17(16-22-21-13-6-2-1-3-10-24(13)16)19-9-7-14-20-15(23-26-14)12-5-4-8-18-11-12/h4-5,8,11H,1-3,6-7,9-10H2,(H,19,25). The maximum absolute atomic E-state index is 12.4. The van der Waals surface area contributed by atoms with Gasteiger partial charge >= 0.3 is 0 Å². The van der Waals surface area contributed by atoms with E-state index in [1.54, 1.807) is 12.4 Å². The number of fused-ring (bicyclic) bond motifs is 1. The van der Waals surface area contributed by atoms with Gasteiger partial charge in [-0.05, 0) is 25.0 Å². The third kappa shape index (κ3) is 3.46. The SMILES string of the molecule is O=C(NCCc1nc(-c2cccnc2)no1)c1nnc2n1CCCCC2. The van der Waals surface area contributed by atoms with E-state index in [0.29, 0.717) is 30.5 Å². The van der Waals surface area contributed by atoms with E-state index in [1.165, 1.54) is 0 Å². The maximum atomic E-state index is 12.4. The fraction of sp³-hybridized carbons (Fsp3) is 0.412. The summed E-state index contributed by atoms with van der Waals surface area (Å²) < 4.78 is 7.15. The van der Waals surface area contributed by atoms with Gasteiger partial charge in [0.15, 0.2) is 0 Å². The first-order chi connectivity index (χ1) is 12.8. The van der Waals surface area contributed by atoms with Crippen LogP contribution < -0.4 is 5.32 Å². The van der Waals surface area contributed by atoms with Gasteiger partial charge in [-0.3, -0.25) is 9.78 Å². The summed E-state index contributed by atoms with van der Waals surface area (Å²) in [5, 5.41) is 15.0. The fourth-order valence-corrected chi connectivity index (χ4v) is 2.98. The highest BCUT2D eigenvalue weighted by Gasteiger charge is 2.20. The lowest BCUT2D eigenvalue weighted by Gasteiger charge is -2.06. The lowest BCUT2D eigenvalue weighted by Crippen LogP contribution is -2.29. The molecule has 0 saturated carbocycles. The summed E-state index contributed by atoms with van der Waals surface area (Å²) in [7, 11) is 0. The molecule has 4 rings (SSSR count). The Balaban J connectivity index is 1.35. The molecular weight excluding hydrogens is 334 g/mol. The number of aromatic nitrogens is 6. The average molecular weight is 353 g/mol. The van der Waals surface area contributed by atoms with E-state index in [1.807, 2.05) is 16.7 Å². The van der Waals surface area contributed by atoms with Gasteiger partial charge in [-0.2, -0.15) is 4.98 Å². The predicted octanol–water partition coefficient (Wildman–Crippen LogP) is 1.42. The summed E-state index contributed by atoms with van der Waals surface area (Å²) in [6.45, 7) is 1.18. The van der Waals surface area contributed by atoms with Crippen molar-refractivity contribution in [3.63, 3.8) is 0 Å². The highest BCUT2D eigenvalue weighted by molar-refractivity contribution is 5.90. The van der Waals surface area contributed by atoms with Gasteiger partial charge in [-0.15, -0.1) is 10.2 Å². The number of pyridine rings is 1. The Bertz CT molecular complexity index is 888. The van der Waals surface area contributed by atoms with Gasteiger partial charge in [0.1, 0.15) is 5.82 Å². The molecule has 0 fully saturated rings. The van der Waals surface area contributed by atoms with Crippen LogP contribution in [0.2, 0.25) is 0 Å². The summed E-state index contributed by atoms with van der Waals surface area (Å²) in [5.41, 5.74) is 0.790. The Morgan fingerprint density at radius 2 is 2.23 bits per heavy atom. The molecule has 0 atom stereocenters. The van der Waals surface area contributed by atoms with Gasteiger partial charge in [-0.1, -0.05) is 11.6 Å². The zero-order valence-electron chi connectivity index (χ0n) is 14.3. The molecule has 9 heteroatoms. The highest BCUT2D eigenvalue weighted by Crippen LogP contribution is 2.15. The van der Waals surface area contributed by atoms with Crippen LogP contribution in [0.3, 0.4) is 0 Å². The normalized spacial score (nSPS) is 13.8. The van der Waals surface area contributed by atoms with E-state index >= 15 is 0 Å². The number of nitrogens with zero attached hydrogens (tertiary/aromatic N) is 6. The topological polar surface area (TPSA) is 112 Å². The molecule has 1 N–H and O–H groups in total. The number of nitrogens with one attached hydrogen (secondary N) is 1. The quantitative estimate of drug-likeness (QED) is 0.738. The van der Waals surface area contributed by atoms with Crippen LogP contribution in [0.1, 0.15) is 41.6 Å². The molecule has 1 aliphatic rings. The molecule has 3 aromatic rings. The number of hydrogen-bond acceptors (Lipinski definition) is 7. The lowest BCUT2D eigenvalue weighted by atomic mass is 10.2. The van der Waals surface area contributed by atoms with E-state index in [4.69, 9.17) is 4.52 Å². The zero-order chi connectivity index (χ0) is 17.8. The second kappa shape index (κ2) is 7.42. The molecular formula is C17H19N7O2. The molecule has 26 heavy (non-hydrogen) atoms. The Kier molecular flexibility index (Phi) is 4.67. The van der Waals surface area contributed by atoms with Gasteiger partial charge < -0.3 is 14.4 Å². The summed E-state index contributed by atoms with van der Waals surface area (Å²) in [5.74, 6) is 2.00. The molecule has 1 aliphatic heterocycles. The molecule has 0 bridgehead atoms. The smallest absolute Gasteiger partial charge is 0.289 e. The van der Waals surface area contributed by atoms with Crippen LogP contribution in [0.25, 0.3) is 11.4 Å². The van der Waals surface area contributed by atoms with Crippen molar-refractivity contribution >= 4 is 5.91 Å². The average Bonchev–Trinajstić information content (AvgIpc) is 3.24. The second-order valence-electron chi connectivity index (χ2n) is 6.16. The Hall–Kier alpha value is -3.10. The number of rotatable bonds is 5. The third-order valence-electron chi connectivity index (χ3n) is 4.32. The largest absolute Gasteiger partial charge is 0.349 e. The van der Waals surface area contributed by atoms with Crippen molar-refractivity contribution in [3.8, 4) is 11.4 Å². The van der Waals surface area contributed by atoms with Gasteiger partial charge in [0, 0.05) is 43.9 Å². The molecule has 0 saturated heterocycles. The minimum Gasteiger partial charge on any atom is -0.349 e. The van der Waals surface area contributed by atoms with E-state index in [9.17, 15) is 4.79 Å². The Morgan fingerprint density at radius 3 is 3.12 bits per heavy atom. The first-order valence-corrected chi connectivity index (χ1v) is 8.74. The van der Waals surface area contributed by atoms with E-state index in [2.05, 4.69) is 30.6 Å². The molecule has 0 radical (unpaired) electrons. The summed E-state index contributed by atoms with van der Waals surface area (Å²) in [6, 6.07) is 3.67. The third-order valence-corrected chi connectivity index (χ3v) is 4.32. The molecule has 0 aliphatic carbocycles. The molecule has 0 spiro atoms. The van der Waals surface area contributed by atoms with Crippen LogP contribution >= 0.6 is 0 Å². The van der Waals surface area contributed by atoms with Crippen LogP contribution in [-0.2, 0) is 19.4 Å². The summed E-state index contributed by atoms with van der Waals surface area (Å²) in [6.07, 6.45) is 7.97. The van der Waals surface area contributed by atoms with E-state index < -0.39 is 0 Å². The summed E-state index contributed by atoms with van der Waals surface area (Å²) in [4.78, 5) is 20.8. The number of aryl methyl sites for hydroxylation is 1. The number of carbonyl (C=O) groups is 1. The highest BCUT2D eigenvalue weighted by atomic mass is 16.5. The van der Waals surface area contributed by atoms with Crippen molar-refractivity contribution in [1.29, 1.82) is 0 Å². The molecule has 0 aromatic carbocycles. The van der Waals surface area contributed by atoms with Gasteiger partial charge in [-0.25, -0.2) is 0 Å². The monoisotopic (exact) mass is 353 g/mol. The van der Waals surface area contributed by atoms with E-state index in [-0.39, 0.29) is 5.91 Å². The number of amides is 1. The fourth-order valence-electron chi connectivity index (χ4n) is 2.98. The minimum atomic E-state index is -0.224. The van der Waals surface area contributed by atoms with Crippen LogP contribution in [-0.4, -0.2) is 42.3 Å². The zero-order valence-corrected chi connectivity index (χ0v) is 14.3. The number of carbonyl (C=O) groups excluding carboxylic acids is 1. The van der Waals surface area contributed by atoms with Crippen molar-refractivity contribution in [2.45, 2.75) is 38.6 Å². The van der Waals surface area contributed by atoms with Crippen LogP contribution in [0, 0.1) is 0 Å². The van der Waals surface area contributed by atoms with E-state index in [0.717, 1.165) is 43.6 Å². The van der Waals surface area contributed by atoms with Gasteiger partial charge in [0.25, 0.3) is 5.91 Å². The number of hydrogen-bond donors (Lipinski definition) is 1. The summed E-state index contributed by atoms with van der Waals surface area (Å²) >= 11 is 0. The predicted molar refractivity (Wildman–Crippen MR) is 91.1 cm³/mol. The second-order valence-corrected chi connectivity index (χ2v) is 6.16. The van der Waals surface area contributed by atoms with Crippen molar-refractivity contribution in [2.24, 2.45) is 0 Å². The molecule has 4 heterocycles. The van der Waals surface area contributed by atoms with Crippen molar-refractivity contribution in [2.75, 3.05) is 6.54 Å². The van der Waals surface area contributed by atoms with Crippen molar-refractivity contribution in [1.82, 2.24) is 35.2 Å². The van der Waals surface area contributed by atoms with Crippen LogP contribution in [0.4, 0.5) is 0 Å². The van der Waals surface area contributed by atoms with Gasteiger partial charge in [0.2, 0.25) is 17.5 Å². The molecule has 0 unspecified atom stereocenters. The Labute approximate surface area is 149 Å². The molecule has 1 amide bonds. The first-order valence-electron chi connectivity index (χ1n) is 8.74. The lowest BCUT2D eigenvalue weighted by molar-refractivity contribution is 0.0938. The molecule has 9 nitrogen and oxygen atoms in total. The van der Waals surface area contributed by atoms with Gasteiger partial charge in [0.05, 0.1) is 0 Å². The van der Waals surface area contributed by atoms with Crippen LogP contribution in [0.5, 0.6) is 0 Å². The van der Waals surface area contributed by atoms with Crippen molar-refractivity contribution < 1.29 is 9.32 Å². The minimum absolute atomic E-state index is 0.224. The Morgan fingerprint density at radius 1 is 1.27 bits per heavy atom. The molecule has 3 aromatic heterocycles.